The number of aromatic nitrogens is 2. The average Bonchev–Trinajstić information content (AvgIpc) is 1.93. The zero-order valence-corrected chi connectivity index (χ0v) is 4.48. The minimum absolute atomic E-state index is 0.308. The van der Waals surface area contributed by atoms with Gasteiger partial charge in [-0.2, -0.15) is 0 Å². The van der Waals surface area contributed by atoms with Crippen LogP contribution in [0.5, 0.6) is 5.88 Å². The summed E-state index contributed by atoms with van der Waals surface area (Å²) >= 11 is 0. The van der Waals surface area contributed by atoms with Crippen LogP contribution in [-0.4, -0.2) is 15.1 Å². The molecular weight excluding hydrogens is 120 g/mol. The van der Waals surface area contributed by atoms with Gasteiger partial charge in [0.15, 0.2) is 0 Å². The standard InChI is InChI=1S/C5H4N2O2/c8-4-3-5(9)7-2-1-6-4/h1-3,8H. The molecule has 1 N–H and O–H groups in total. The second-order valence-corrected chi connectivity index (χ2v) is 1.40. The smallest absolute Gasteiger partial charge is 0.275 e. The van der Waals surface area contributed by atoms with E-state index in [9.17, 15) is 4.79 Å². The highest BCUT2D eigenvalue weighted by molar-refractivity contribution is 5.01. The van der Waals surface area contributed by atoms with E-state index in [1.807, 2.05) is 0 Å². The van der Waals surface area contributed by atoms with Gasteiger partial charge >= 0.3 is 0 Å². The molecule has 0 aromatic carbocycles. The molecule has 0 aliphatic rings. The summed E-state index contributed by atoms with van der Waals surface area (Å²) in [5.74, 6) is -0.308. The van der Waals surface area contributed by atoms with E-state index in [2.05, 4.69) is 9.97 Å². The Balaban J connectivity index is 3.37. The van der Waals surface area contributed by atoms with E-state index in [0.717, 1.165) is 6.07 Å². The lowest BCUT2D eigenvalue weighted by Crippen LogP contribution is -1.96. The molecule has 0 bridgehead atoms. The summed E-state index contributed by atoms with van der Waals surface area (Å²) in [4.78, 5) is 17.1. The van der Waals surface area contributed by atoms with E-state index in [4.69, 9.17) is 5.11 Å². The lowest BCUT2D eigenvalue weighted by atomic mass is 10.7. The van der Waals surface area contributed by atoms with E-state index in [1.165, 1.54) is 12.4 Å². The second-order valence-electron chi connectivity index (χ2n) is 1.40. The largest absolute Gasteiger partial charge is 0.493 e. The van der Waals surface area contributed by atoms with Gasteiger partial charge in [-0.1, -0.05) is 0 Å². The van der Waals surface area contributed by atoms with E-state index < -0.39 is 5.56 Å². The first-order valence-corrected chi connectivity index (χ1v) is 2.30. The quantitative estimate of drug-likeness (QED) is 0.508. The van der Waals surface area contributed by atoms with Crippen molar-refractivity contribution in [2.75, 3.05) is 0 Å². The molecule has 0 unspecified atom stereocenters. The van der Waals surface area contributed by atoms with Crippen molar-refractivity contribution < 1.29 is 5.11 Å². The van der Waals surface area contributed by atoms with Crippen molar-refractivity contribution in [2.45, 2.75) is 0 Å². The van der Waals surface area contributed by atoms with Gasteiger partial charge in [-0.25, -0.2) is 9.97 Å². The molecule has 0 fully saturated rings. The number of aromatic hydroxyl groups is 1. The summed E-state index contributed by atoms with van der Waals surface area (Å²) in [6, 6.07) is 0.944. The molecule has 0 amide bonds. The molecule has 0 aliphatic carbocycles. The summed E-state index contributed by atoms with van der Waals surface area (Å²) in [5, 5.41) is 8.62. The van der Waals surface area contributed by atoms with Gasteiger partial charge in [-0.05, 0) is 0 Å². The van der Waals surface area contributed by atoms with Gasteiger partial charge in [0.2, 0.25) is 5.88 Å². The normalized spacial score (nSPS) is 8.89. The Morgan fingerprint density at radius 1 is 1.33 bits per heavy atom. The third-order valence-electron chi connectivity index (χ3n) is 0.728. The zero-order chi connectivity index (χ0) is 6.69. The van der Waals surface area contributed by atoms with Crippen LogP contribution in [0.3, 0.4) is 0 Å². The van der Waals surface area contributed by atoms with Gasteiger partial charge in [-0.3, -0.25) is 4.79 Å². The molecule has 0 radical (unpaired) electrons. The van der Waals surface area contributed by atoms with E-state index in [-0.39, 0.29) is 5.88 Å². The van der Waals surface area contributed by atoms with Crippen LogP contribution < -0.4 is 5.56 Å². The lowest BCUT2D eigenvalue weighted by Gasteiger charge is -1.73. The van der Waals surface area contributed by atoms with Crippen molar-refractivity contribution >= 4 is 0 Å². The Hall–Kier alpha value is -1.45. The number of hydrogen-bond donors (Lipinski definition) is 1. The van der Waals surface area contributed by atoms with Crippen LogP contribution in [0.2, 0.25) is 0 Å². The molecule has 1 heterocycles. The number of hydrogen-bond acceptors (Lipinski definition) is 4. The van der Waals surface area contributed by atoms with Gasteiger partial charge in [0.25, 0.3) is 5.56 Å². The molecule has 9 heavy (non-hydrogen) atoms. The van der Waals surface area contributed by atoms with E-state index in [0.29, 0.717) is 0 Å². The summed E-state index contributed by atoms with van der Waals surface area (Å²) in [7, 11) is 0. The van der Waals surface area contributed by atoms with Crippen LogP contribution in [-0.2, 0) is 0 Å². The fraction of sp³-hybridized carbons (Fsp3) is 0. The highest BCUT2D eigenvalue weighted by Crippen LogP contribution is 1.90. The summed E-state index contributed by atoms with van der Waals surface area (Å²) in [6.45, 7) is 0. The maximum Gasteiger partial charge on any atom is 0.275 e. The van der Waals surface area contributed by atoms with Crippen molar-refractivity contribution in [3.63, 3.8) is 0 Å². The third-order valence-corrected chi connectivity index (χ3v) is 0.728. The minimum atomic E-state index is -0.495. The second kappa shape index (κ2) is 2.21. The topological polar surface area (TPSA) is 63.1 Å². The molecule has 0 aliphatic heterocycles. The SMILES string of the molecule is O=c1cc(O)nccn1. The number of nitrogens with zero attached hydrogens (tertiary/aromatic N) is 2. The summed E-state index contributed by atoms with van der Waals surface area (Å²) in [5.41, 5.74) is -0.495. The number of rotatable bonds is 0. The molecule has 1 aromatic rings. The van der Waals surface area contributed by atoms with Gasteiger partial charge < -0.3 is 5.11 Å². The molecule has 1 aromatic heterocycles. The maximum atomic E-state index is 10.4. The highest BCUT2D eigenvalue weighted by Gasteiger charge is 1.84. The van der Waals surface area contributed by atoms with Gasteiger partial charge in [0, 0.05) is 12.4 Å². The van der Waals surface area contributed by atoms with Crippen LogP contribution in [0.1, 0.15) is 0 Å². The third kappa shape index (κ3) is 1.49. The first-order valence-electron chi connectivity index (χ1n) is 2.30. The van der Waals surface area contributed by atoms with Crippen molar-refractivity contribution in [3.05, 3.63) is 28.8 Å². The summed E-state index contributed by atoms with van der Waals surface area (Å²) < 4.78 is 0. The lowest BCUT2D eigenvalue weighted by molar-refractivity contribution is 0.454. The molecule has 0 saturated carbocycles. The van der Waals surface area contributed by atoms with Crippen LogP contribution >= 0.6 is 0 Å². The molecule has 4 heteroatoms. The van der Waals surface area contributed by atoms with Crippen LogP contribution in [0.15, 0.2) is 23.3 Å². The Morgan fingerprint density at radius 3 is 2.78 bits per heavy atom. The van der Waals surface area contributed by atoms with E-state index in [1.54, 1.807) is 0 Å². The van der Waals surface area contributed by atoms with Gasteiger partial charge in [0.1, 0.15) is 0 Å². The Kier molecular flexibility index (Phi) is 1.40. The zero-order valence-electron chi connectivity index (χ0n) is 4.48. The average molecular weight is 124 g/mol. The molecule has 46 valence electrons. The van der Waals surface area contributed by atoms with E-state index >= 15 is 0 Å². The van der Waals surface area contributed by atoms with Crippen molar-refractivity contribution in [3.8, 4) is 5.88 Å². The van der Waals surface area contributed by atoms with Crippen molar-refractivity contribution in [1.82, 2.24) is 9.97 Å². The fourth-order valence-corrected chi connectivity index (χ4v) is 0.401. The Morgan fingerprint density at radius 2 is 2.00 bits per heavy atom. The first kappa shape index (κ1) is 5.68. The Bertz CT molecular complexity index is 261. The summed E-state index contributed by atoms with van der Waals surface area (Å²) in [6.07, 6.45) is 2.47. The molecular formula is C5H4N2O2. The first-order chi connectivity index (χ1) is 4.29. The molecule has 4 nitrogen and oxygen atoms in total. The fourth-order valence-electron chi connectivity index (χ4n) is 0.401. The van der Waals surface area contributed by atoms with Crippen LogP contribution in [0.25, 0.3) is 0 Å². The predicted octanol–water partition coefficient (Wildman–Crippen LogP) is -0.458. The Labute approximate surface area is 50.8 Å². The van der Waals surface area contributed by atoms with Crippen LogP contribution in [0.4, 0.5) is 0 Å². The molecule has 0 atom stereocenters. The predicted molar refractivity (Wildman–Crippen MR) is 30.0 cm³/mol. The van der Waals surface area contributed by atoms with Gasteiger partial charge in [-0.15, -0.1) is 0 Å². The maximum absolute atomic E-state index is 10.4. The minimum Gasteiger partial charge on any atom is -0.493 e. The highest BCUT2D eigenvalue weighted by atomic mass is 16.3. The van der Waals surface area contributed by atoms with Crippen LogP contribution in [0, 0.1) is 0 Å². The molecule has 0 spiro atoms. The molecule has 1 rings (SSSR count). The molecule has 0 saturated heterocycles. The van der Waals surface area contributed by atoms with Crippen molar-refractivity contribution in [2.24, 2.45) is 0 Å². The van der Waals surface area contributed by atoms with Crippen molar-refractivity contribution in [1.29, 1.82) is 0 Å². The monoisotopic (exact) mass is 124 g/mol. The van der Waals surface area contributed by atoms with Gasteiger partial charge in [0.05, 0.1) is 6.07 Å².